The molecule has 3 rings (SSSR count). The van der Waals surface area contributed by atoms with Crippen molar-refractivity contribution in [3.63, 3.8) is 0 Å². The van der Waals surface area contributed by atoms with Crippen LogP contribution in [0, 0.1) is 5.82 Å². The van der Waals surface area contributed by atoms with Crippen molar-refractivity contribution in [2.75, 3.05) is 11.9 Å². The molecule has 1 aliphatic rings. The molecule has 4 amide bonds. The van der Waals surface area contributed by atoms with E-state index in [2.05, 4.69) is 10.6 Å². The van der Waals surface area contributed by atoms with Gasteiger partial charge in [0.05, 0.1) is 5.56 Å². The molecule has 2 N–H and O–H groups in total. The van der Waals surface area contributed by atoms with Crippen LogP contribution in [0.3, 0.4) is 0 Å². The van der Waals surface area contributed by atoms with E-state index >= 15 is 0 Å². The number of nitrogens with one attached hydrogen (secondary N) is 2. The third-order valence-electron chi connectivity index (χ3n) is 3.92. The molecule has 0 radical (unpaired) electrons. The zero-order chi connectivity index (χ0) is 21.2. The summed E-state index contributed by atoms with van der Waals surface area (Å²) in [5.41, 5.74) is -0.743. The summed E-state index contributed by atoms with van der Waals surface area (Å²) in [6.07, 6.45) is -3.27. The molecule has 1 heterocycles. The van der Waals surface area contributed by atoms with E-state index in [1.165, 1.54) is 36.4 Å². The first-order chi connectivity index (χ1) is 13.6. The Morgan fingerprint density at radius 2 is 1.79 bits per heavy atom. The highest BCUT2D eigenvalue weighted by atomic mass is 19.4. The van der Waals surface area contributed by atoms with Crippen LogP contribution in [0.5, 0.6) is 0 Å². The lowest BCUT2D eigenvalue weighted by Crippen LogP contribution is -2.38. The minimum atomic E-state index is -4.58. The molecule has 0 aliphatic carbocycles. The molecule has 6 nitrogen and oxygen atoms in total. The van der Waals surface area contributed by atoms with E-state index in [1.807, 2.05) is 0 Å². The van der Waals surface area contributed by atoms with E-state index in [9.17, 15) is 31.9 Å². The maximum absolute atomic E-state index is 12.9. The average molecular weight is 407 g/mol. The molecule has 150 valence electrons. The van der Waals surface area contributed by atoms with Gasteiger partial charge in [-0.1, -0.05) is 18.2 Å². The number of anilines is 1. The maximum Gasteiger partial charge on any atom is 0.416 e. The van der Waals surface area contributed by atoms with Crippen molar-refractivity contribution >= 4 is 29.6 Å². The number of rotatable bonds is 4. The van der Waals surface area contributed by atoms with E-state index in [4.69, 9.17) is 0 Å². The fraction of sp³-hybridized carbons (Fsp3) is 0.105. The van der Waals surface area contributed by atoms with E-state index in [0.29, 0.717) is 10.5 Å². The fourth-order valence-electron chi connectivity index (χ4n) is 2.56. The first-order valence-corrected chi connectivity index (χ1v) is 8.21. The van der Waals surface area contributed by atoms with Gasteiger partial charge in [0.25, 0.3) is 5.91 Å². The van der Waals surface area contributed by atoms with Crippen molar-refractivity contribution < 1.29 is 31.9 Å². The Bertz CT molecular complexity index is 1000. The number of nitrogens with zero attached hydrogens (tertiary/aromatic N) is 1. The highest BCUT2D eigenvalue weighted by Gasteiger charge is 2.35. The van der Waals surface area contributed by atoms with Crippen LogP contribution in [0.15, 0.2) is 54.2 Å². The summed E-state index contributed by atoms with van der Waals surface area (Å²) in [5.74, 6) is -2.11. The Morgan fingerprint density at radius 1 is 1.10 bits per heavy atom. The van der Waals surface area contributed by atoms with Gasteiger partial charge in [0.1, 0.15) is 18.1 Å². The zero-order valence-electron chi connectivity index (χ0n) is 14.6. The van der Waals surface area contributed by atoms with Crippen LogP contribution < -0.4 is 10.6 Å². The van der Waals surface area contributed by atoms with Gasteiger partial charge in [0, 0.05) is 5.69 Å². The SMILES string of the molecule is O=C(CN1C(=O)NC(=Cc2ccc(F)cc2)C1=O)Nc1cccc(C(F)(F)F)c1. The maximum atomic E-state index is 12.9. The molecule has 0 saturated carbocycles. The smallest absolute Gasteiger partial charge is 0.325 e. The summed E-state index contributed by atoms with van der Waals surface area (Å²) >= 11 is 0. The minimum absolute atomic E-state index is 0.117. The first kappa shape index (κ1) is 20.1. The summed E-state index contributed by atoms with van der Waals surface area (Å²) < 4.78 is 51.1. The Balaban J connectivity index is 1.68. The molecule has 2 aromatic carbocycles. The molecule has 29 heavy (non-hydrogen) atoms. The molecule has 2 aromatic rings. The molecule has 1 saturated heterocycles. The number of halogens is 4. The number of amides is 4. The van der Waals surface area contributed by atoms with Gasteiger partial charge in [0.15, 0.2) is 0 Å². The van der Waals surface area contributed by atoms with Crippen LogP contribution in [0.2, 0.25) is 0 Å². The van der Waals surface area contributed by atoms with E-state index in [0.717, 1.165) is 18.2 Å². The second-order valence-corrected chi connectivity index (χ2v) is 6.06. The van der Waals surface area contributed by atoms with Crippen LogP contribution in [0.25, 0.3) is 6.08 Å². The number of benzene rings is 2. The molecule has 0 unspecified atom stereocenters. The van der Waals surface area contributed by atoms with Gasteiger partial charge in [-0.3, -0.25) is 9.59 Å². The van der Waals surface area contributed by atoms with E-state index in [-0.39, 0.29) is 11.4 Å². The van der Waals surface area contributed by atoms with Gasteiger partial charge in [0.2, 0.25) is 5.91 Å². The van der Waals surface area contributed by atoms with Gasteiger partial charge in [-0.05, 0) is 42.0 Å². The molecule has 1 fully saturated rings. The number of imide groups is 1. The average Bonchev–Trinajstić information content (AvgIpc) is 2.90. The molecule has 10 heteroatoms. The minimum Gasteiger partial charge on any atom is -0.325 e. The normalized spacial score (nSPS) is 15.6. The highest BCUT2D eigenvalue weighted by molar-refractivity contribution is 6.15. The van der Waals surface area contributed by atoms with Crippen LogP contribution in [0.1, 0.15) is 11.1 Å². The number of hydrogen-bond donors (Lipinski definition) is 2. The quantitative estimate of drug-likeness (QED) is 0.464. The van der Waals surface area contributed by atoms with Gasteiger partial charge >= 0.3 is 12.2 Å². The summed E-state index contributed by atoms with van der Waals surface area (Å²) in [6, 6.07) is 8.23. The van der Waals surface area contributed by atoms with Crippen molar-refractivity contribution in [2.24, 2.45) is 0 Å². The number of alkyl halides is 3. The second kappa shape index (κ2) is 7.74. The Morgan fingerprint density at radius 3 is 2.45 bits per heavy atom. The number of hydrogen-bond acceptors (Lipinski definition) is 3. The molecule has 0 spiro atoms. The highest BCUT2D eigenvalue weighted by Crippen LogP contribution is 2.30. The van der Waals surface area contributed by atoms with Crippen LogP contribution in [-0.4, -0.2) is 29.3 Å². The van der Waals surface area contributed by atoms with Crippen molar-refractivity contribution in [1.29, 1.82) is 0 Å². The largest absolute Gasteiger partial charge is 0.416 e. The summed E-state index contributed by atoms with van der Waals surface area (Å²) in [4.78, 5) is 37.0. The third kappa shape index (κ3) is 4.78. The van der Waals surface area contributed by atoms with Crippen molar-refractivity contribution in [3.05, 3.63) is 71.2 Å². The van der Waals surface area contributed by atoms with E-state index < -0.39 is 41.9 Å². The molecular weight excluding hydrogens is 394 g/mol. The molecular formula is C19H13F4N3O3. The lowest BCUT2D eigenvalue weighted by molar-refractivity contribution is -0.137. The third-order valence-corrected chi connectivity index (χ3v) is 3.92. The Hall–Kier alpha value is -3.69. The fourth-order valence-corrected chi connectivity index (χ4v) is 2.56. The van der Waals surface area contributed by atoms with Crippen molar-refractivity contribution in [2.45, 2.75) is 6.18 Å². The molecule has 0 aromatic heterocycles. The van der Waals surface area contributed by atoms with Gasteiger partial charge in [-0.2, -0.15) is 13.2 Å². The summed E-state index contributed by atoms with van der Waals surface area (Å²) in [7, 11) is 0. The van der Waals surface area contributed by atoms with Gasteiger partial charge < -0.3 is 10.6 Å². The number of urea groups is 1. The van der Waals surface area contributed by atoms with Gasteiger partial charge in [-0.15, -0.1) is 0 Å². The lowest BCUT2D eigenvalue weighted by atomic mass is 10.2. The van der Waals surface area contributed by atoms with Crippen LogP contribution in [-0.2, 0) is 15.8 Å². The predicted octanol–water partition coefficient (Wildman–Crippen LogP) is 3.38. The molecule has 1 aliphatic heterocycles. The van der Waals surface area contributed by atoms with Crippen molar-refractivity contribution in [3.8, 4) is 0 Å². The topological polar surface area (TPSA) is 78.5 Å². The van der Waals surface area contributed by atoms with Crippen LogP contribution >= 0.6 is 0 Å². The van der Waals surface area contributed by atoms with Crippen molar-refractivity contribution in [1.82, 2.24) is 10.2 Å². The van der Waals surface area contributed by atoms with Gasteiger partial charge in [-0.25, -0.2) is 14.1 Å². The zero-order valence-corrected chi connectivity index (χ0v) is 14.6. The monoisotopic (exact) mass is 407 g/mol. The Labute approximate surface area is 161 Å². The van der Waals surface area contributed by atoms with Crippen LogP contribution in [0.4, 0.5) is 28.0 Å². The summed E-state index contributed by atoms with van der Waals surface area (Å²) in [5, 5.41) is 4.51. The standard InChI is InChI=1S/C19H13F4N3O3/c20-13-6-4-11(5-7-13)8-15-17(28)26(18(29)25-15)10-16(27)24-14-3-1-2-12(9-14)19(21,22)23/h1-9H,10H2,(H,24,27)(H,25,29). The second-order valence-electron chi connectivity index (χ2n) is 6.06. The Kier molecular flexibility index (Phi) is 5.35. The number of carbonyl (C=O) groups is 3. The predicted molar refractivity (Wildman–Crippen MR) is 94.7 cm³/mol. The lowest BCUT2D eigenvalue weighted by Gasteiger charge is -2.13. The molecule has 0 atom stereocenters. The summed E-state index contributed by atoms with van der Waals surface area (Å²) in [6.45, 7) is -0.693. The molecule has 0 bridgehead atoms. The first-order valence-electron chi connectivity index (χ1n) is 8.21. The number of carbonyl (C=O) groups excluding carboxylic acids is 3. The van der Waals surface area contributed by atoms with E-state index in [1.54, 1.807) is 0 Å².